The highest BCUT2D eigenvalue weighted by atomic mass is 28.5. The number of epoxide rings is 2. The van der Waals surface area contributed by atoms with Crippen molar-refractivity contribution in [3.05, 3.63) is 84.0 Å². The molecular weight excluding hydrogens is 577 g/mol. The fraction of sp³-hybridized carbons (Fsp3) is 0.515. The maximum Gasteiger partial charge on any atom is 0.310 e. The first-order valence-electron chi connectivity index (χ1n) is 15.2. The van der Waals surface area contributed by atoms with Gasteiger partial charge in [0.1, 0.15) is 36.9 Å². The lowest BCUT2D eigenvalue weighted by molar-refractivity contribution is 0.261. The molecule has 0 amide bonds. The lowest BCUT2D eigenvalue weighted by Crippen LogP contribution is -2.42. The van der Waals surface area contributed by atoms with E-state index in [0.717, 1.165) is 48.7 Å². The predicted octanol–water partition coefficient (Wildman–Crippen LogP) is 6.71. The van der Waals surface area contributed by atoms with Gasteiger partial charge >= 0.3 is 8.56 Å². The second-order valence-corrected chi connectivity index (χ2v) is 21.4. The summed E-state index contributed by atoms with van der Waals surface area (Å²) in [5, 5.41) is 0. The first-order valence-corrected chi connectivity index (χ1v) is 23.6. The molecule has 2 unspecified atom stereocenters. The topological polar surface area (TPSA) is 62.0 Å². The third-order valence-corrected chi connectivity index (χ3v) is 15.3. The SMILES string of the molecule is C=CCc1cc(C(C)(C)c2ccc(OCC3CO3)c(CC=C)c2)ccc1OCC1CO1.C[SiH](C)O[Si](C)(C)O[SiH](C)C. The van der Waals surface area contributed by atoms with Crippen LogP contribution in [0.3, 0.4) is 0 Å². The smallest absolute Gasteiger partial charge is 0.310 e. The average Bonchev–Trinajstić information content (AvgIpc) is 3.82. The van der Waals surface area contributed by atoms with Gasteiger partial charge in [0.25, 0.3) is 0 Å². The van der Waals surface area contributed by atoms with Gasteiger partial charge in [-0.3, -0.25) is 0 Å². The Balaban J connectivity index is 0.000000375. The summed E-state index contributed by atoms with van der Waals surface area (Å²) >= 11 is 0. The Morgan fingerprint density at radius 1 is 0.786 bits per heavy atom. The molecule has 9 heteroatoms. The summed E-state index contributed by atoms with van der Waals surface area (Å²) in [5.41, 5.74) is 4.60. The van der Waals surface area contributed by atoms with Crippen molar-refractivity contribution >= 4 is 26.6 Å². The van der Waals surface area contributed by atoms with Gasteiger partial charge in [-0.2, -0.15) is 0 Å². The second-order valence-electron chi connectivity index (χ2n) is 12.5. The van der Waals surface area contributed by atoms with Gasteiger partial charge < -0.3 is 27.2 Å². The summed E-state index contributed by atoms with van der Waals surface area (Å²) < 4.78 is 34.2. The van der Waals surface area contributed by atoms with Gasteiger partial charge in [-0.25, -0.2) is 0 Å². The van der Waals surface area contributed by atoms with Crippen LogP contribution < -0.4 is 9.47 Å². The van der Waals surface area contributed by atoms with Crippen LogP contribution in [0.2, 0.25) is 39.3 Å². The molecule has 232 valence electrons. The molecule has 2 aromatic carbocycles. The van der Waals surface area contributed by atoms with Crippen molar-refractivity contribution in [3.8, 4) is 11.5 Å². The Hall–Kier alpha value is -1.99. The zero-order chi connectivity index (χ0) is 30.9. The van der Waals surface area contributed by atoms with E-state index < -0.39 is 26.6 Å². The first-order chi connectivity index (χ1) is 19.8. The van der Waals surface area contributed by atoms with E-state index in [1.807, 2.05) is 12.2 Å². The summed E-state index contributed by atoms with van der Waals surface area (Å²) in [5.74, 6) is 1.82. The van der Waals surface area contributed by atoms with E-state index in [0.29, 0.717) is 13.2 Å². The highest BCUT2D eigenvalue weighted by Crippen LogP contribution is 2.37. The Morgan fingerprint density at radius 2 is 1.17 bits per heavy atom. The molecule has 0 bridgehead atoms. The summed E-state index contributed by atoms with van der Waals surface area (Å²) in [6.07, 6.45) is 5.85. The molecule has 2 aromatic rings. The summed E-state index contributed by atoms with van der Waals surface area (Å²) in [4.78, 5) is 0. The zero-order valence-corrected chi connectivity index (χ0v) is 30.3. The Kier molecular flexibility index (Phi) is 12.9. The van der Waals surface area contributed by atoms with E-state index in [4.69, 9.17) is 27.2 Å². The van der Waals surface area contributed by atoms with E-state index in [1.54, 1.807) is 0 Å². The van der Waals surface area contributed by atoms with Gasteiger partial charge in [0, 0.05) is 5.41 Å². The summed E-state index contributed by atoms with van der Waals surface area (Å²) in [6, 6.07) is 13.0. The van der Waals surface area contributed by atoms with Gasteiger partial charge in [0.15, 0.2) is 18.1 Å². The standard InChI is InChI=1S/C27H32O4.C6H20O2Si3/c1-5-7-19-13-21(9-11-25(19)30-17-23-15-28-23)27(3,4)22-10-12-26(20(14-22)8-6-2)31-18-24-16-29-24;1-9(2)7-11(5,6)8-10(3)4/h5-6,9-14,23-24H,1-2,7-8,15-18H2,3-4H3;9-10H,1-6H3. The minimum Gasteiger partial charge on any atom is -0.490 e. The Morgan fingerprint density at radius 3 is 1.48 bits per heavy atom. The van der Waals surface area contributed by atoms with Crippen LogP contribution in [0, 0.1) is 0 Å². The van der Waals surface area contributed by atoms with Gasteiger partial charge in [0.05, 0.1) is 13.2 Å². The van der Waals surface area contributed by atoms with E-state index in [1.165, 1.54) is 11.1 Å². The molecule has 0 spiro atoms. The van der Waals surface area contributed by atoms with Crippen LogP contribution in [-0.4, -0.2) is 65.3 Å². The van der Waals surface area contributed by atoms with Gasteiger partial charge in [-0.15, -0.1) is 13.2 Å². The van der Waals surface area contributed by atoms with Gasteiger partial charge in [-0.05, 0) is 86.5 Å². The molecule has 2 saturated heterocycles. The third-order valence-electron chi connectivity index (χ3n) is 6.99. The van der Waals surface area contributed by atoms with E-state index >= 15 is 0 Å². The second kappa shape index (κ2) is 15.7. The lowest BCUT2D eigenvalue weighted by atomic mass is 9.77. The van der Waals surface area contributed by atoms with E-state index in [9.17, 15) is 0 Å². The molecule has 0 aliphatic carbocycles. The molecule has 4 rings (SSSR count). The van der Waals surface area contributed by atoms with Crippen molar-refractivity contribution < 1.29 is 27.2 Å². The highest BCUT2D eigenvalue weighted by Gasteiger charge is 2.28. The Labute approximate surface area is 258 Å². The van der Waals surface area contributed by atoms with Crippen molar-refractivity contribution in [2.75, 3.05) is 26.4 Å². The van der Waals surface area contributed by atoms with Crippen LogP contribution in [0.4, 0.5) is 0 Å². The Bertz CT molecular complexity index is 1080. The van der Waals surface area contributed by atoms with Gasteiger partial charge in [-0.1, -0.05) is 50.3 Å². The number of ether oxygens (including phenoxy) is 4. The molecular formula is C33H52O6Si3. The van der Waals surface area contributed by atoms with Gasteiger partial charge in [0.2, 0.25) is 0 Å². The monoisotopic (exact) mass is 628 g/mol. The lowest BCUT2D eigenvalue weighted by Gasteiger charge is -2.28. The number of benzene rings is 2. The van der Waals surface area contributed by atoms with Crippen molar-refractivity contribution in [1.82, 2.24) is 0 Å². The average molecular weight is 629 g/mol. The highest BCUT2D eigenvalue weighted by molar-refractivity contribution is 6.78. The zero-order valence-electron chi connectivity index (χ0n) is 27.0. The minimum atomic E-state index is -1.71. The molecule has 0 radical (unpaired) electrons. The van der Waals surface area contributed by atoms with Crippen LogP contribution in [-0.2, 0) is 36.0 Å². The fourth-order valence-electron chi connectivity index (χ4n) is 4.87. The molecule has 2 aliphatic heterocycles. The number of allylic oxidation sites excluding steroid dienone is 2. The van der Waals surface area contributed by atoms with Crippen LogP contribution >= 0.6 is 0 Å². The van der Waals surface area contributed by atoms with Crippen LogP contribution in [0.25, 0.3) is 0 Å². The van der Waals surface area contributed by atoms with Crippen LogP contribution in [0.15, 0.2) is 61.7 Å². The fourth-order valence-corrected chi connectivity index (χ4v) is 14.7. The number of hydrogen-bond donors (Lipinski definition) is 0. The quantitative estimate of drug-likeness (QED) is 0.117. The van der Waals surface area contributed by atoms with Crippen LogP contribution in [0.1, 0.15) is 36.1 Å². The van der Waals surface area contributed by atoms with Crippen molar-refractivity contribution in [2.45, 2.75) is 83.6 Å². The molecule has 0 saturated carbocycles. The third kappa shape index (κ3) is 11.3. The summed E-state index contributed by atoms with van der Waals surface area (Å²) in [6.45, 7) is 28.2. The predicted molar refractivity (Wildman–Crippen MR) is 181 cm³/mol. The largest absolute Gasteiger partial charge is 0.490 e. The summed E-state index contributed by atoms with van der Waals surface area (Å²) in [7, 11) is -3.50. The minimum absolute atomic E-state index is 0.178. The maximum atomic E-state index is 5.99. The normalized spacial score (nSPS) is 17.9. The van der Waals surface area contributed by atoms with E-state index in [2.05, 4.69) is 103 Å². The maximum absolute atomic E-state index is 5.99. The molecule has 0 aromatic heterocycles. The molecule has 6 nitrogen and oxygen atoms in total. The molecule has 2 fully saturated rings. The molecule has 42 heavy (non-hydrogen) atoms. The van der Waals surface area contributed by atoms with Crippen LogP contribution in [0.5, 0.6) is 11.5 Å². The molecule has 2 heterocycles. The first kappa shape index (κ1) is 34.5. The number of rotatable bonds is 16. The van der Waals surface area contributed by atoms with Crippen molar-refractivity contribution in [1.29, 1.82) is 0 Å². The molecule has 2 atom stereocenters. The van der Waals surface area contributed by atoms with Crippen molar-refractivity contribution in [3.63, 3.8) is 0 Å². The number of hydrogen-bond acceptors (Lipinski definition) is 6. The van der Waals surface area contributed by atoms with E-state index in [-0.39, 0.29) is 17.6 Å². The molecule has 2 aliphatic rings. The van der Waals surface area contributed by atoms with Crippen molar-refractivity contribution in [2.24, 2.45) is 0 Å². The molecule has 0 N–H and O–H groups in total.